The molecule has 0 saturated carbocycles. The Morgan fingerprint density at radius 3 is 2.75 bits per heavy atom. The van der Waals surface area contributed by atoms with Crippen LogP contribution >= 0.6 is 0 Å². The van der Waals surface area contributed by atoms with Gasteiger partial charge < -0.3 is 10.1 Å². The average molecular weight is 276 g/mol. The number of anilines is 1. The molecule has 20 heavy (non-hydrogen) atoms. The molecule has 0 saturated heterocycles. The summed E-state index contributed by atoms with van der Waals surface area (Å²) in [5.74, 6) is 0.335. The fraction of sp³-hybridized carbons (Fsp3) is 0.167. The standard InChI is InChI=1S/C12H12N4O4/c1-15-6-8(5-14-15)9-3-12(20-2)10(13-7-17)4-11(9)16(18)19/h3-7H,1-2H3,(H,13,17). The van der Waals surface area contributed by atoms with Gasteiger partial charge in [0.15, 0.2) is 0 Å². The molecule has 1 N–H and O–H groups in total. The number of ether oxygens (including phenoxy) is 1. The first-order valence-electron chi connectivity index (χ1n) is 5.62. The average Bonchev–Trinajstić information content (AvgIpc) is 2.85. The van der Waals surface area contributed by atoms with Gasteiger partial charge in [0.1, 0.15) is 5.75 Å². The van der Waals surface area contributed by atoms with Gasteiger partial charge in [0.05, 0.1) is 29.5 Å². The molecule has 1 heterocycles. The highest BCUT2D eigenvalue weighted by molar-refractivity contribution is 5.84. The summed E-state index contributed by atoms with van der Waals surface area (Å²) in [6.07, 6.45) is 3.62. The number of carbonyl (C=O) groups is 1. The van der Waals surface area contributed by atoms with Crippen molar-refractivity contribution < 1.29 is 14.5 Å². The molecule has 0 radical (unpaired) electrons. The minimum atomic E-state index is -0.516. The maximum absolute atomic E-state index is 11.2. The van der Waals surface area contributed by atoms with E-state index in [1.165, 1.54) is 25.4 Å². The number of nitro benzene ring substituents is 1. The van der Waals surface area contributed by atoms with Gasteiger partial charge in [-0.05, 0) is 6.07 Å². The summed E-state index contributed by atoms with van der Waals surface area (Å²) in [5.41, 5.74) is 1.07. The van der Waals surface area contributed by atoms with E-state index in [1.807, 2.05) is 0 Å². The number of nitrogens with zero attached hydrogens (tertiary/aromatic N) is 3. The Morgan fingerprint density at radius 1 is 1.50 bits per heavy atom. The Bertz CT molecular complexity index is 665. The predicted molar refractivity (Wildman–Crippen MR) is 71.5 cm³/mol. The molecule has 8 heteroatoms. The maximum atomic E-state index is 11.2. The summed E-state index contributed by atoms with van der Waals surface area (Å²) < 4.78 is 6.68. The molecule has 2 rings (SSSR count). The van der Waals surface area contributed by atoms with E-state index in [0.717, 1.165) is 0 Å². The number of nitrogens with one attached hydrogen (secondary N) is 1. The molecule has 1 aromatic carbocycles. The summed E-state index contributed by atoms with van der Waals surface area (Å²) >= 11 is 0. The Balaban J connectivity index is 2.65. The third-order valence-corrected chi connectivity index (χ3v) is 2.74. The third kappa shape index (κ3) is 2.44. The highest BCUT2D eigenvalue weighted by Gasteiger charge is 2.20. The van der Waals surface area contributed by atoms with Crippen LogP contribution in [0.1, 0.15) is 0 Å². The lowest BCUT2D eigenvalue weighted by atomic mass is 10.1. The molecule has 2 aromatic rings. The molecule has 0 aliphatic carbocycles. The number of benzene rings is 1. The van der Waals surface area contributed by atoms with Gasteiger partial charge in [-0.1, -0.05) is 0 Å². The fourth-order valence-corrected chi connectivity index (χ4v) is 1.86. The number of amides is 1. The zero-order valence-corrected chi connectivity index (χ0v) is 10.9. The van der Waals surface area contributed by atoms with Gasteiger partial charge >= 0.3 is 0 Å². The first kappa shape index (κ1) is 13.5. The summed E-state index contributed by atoms with van der Waals surface area (Å²) in [6.45, 7) is 0. The number of nitro groups is 1. The molecule has 8 nitrogen and oxygen atoms in total. The summed E-state index contributed by atoms with van der Waals surface area (Å²) in [4.78, 5) is 21.2. The van der Waals surface area contributed by atoms with E-state index >= 15 is 0 Å². The van der Waals surface area contributed by atoms with Crippen LogP contribution in [0.3, 0.4) is 0 Å². The summed E-state index contributed by atoms with van der Waals surface area (Å²) in [7, 11) is 3.14. The first-order valence-corrected chi connectivity index (χ1v) is 5.62. The summed E-state index contributed by atoms with van der Waals surface area (Å²) in [6, 6.07) is 2.76. The van der Waals surface area contributed by atoms with E-state index in [1.54, 1.807) is 17.9 Å². The molecular formula is C12H12N4O4. The smallest absolute Gasteiger partial charge is 0.279 e. The molecule has 104 valence electrons. The fourth-order valence-electron chi connectivity index (χ4n) is 1.86. The number of aryl methyl sites for hydroxylation is 1. The molecule has 0 atom stereocenters. The van der Waals surface area contributed by atoms with Crippen LogP contribution in [0.5, 0.6) is 5.75 Å². The topological polar surface area (TPSA) is 99.3 Å². The van der Waals surface area contributed by atoms with Crippen molar-refractivity contribution in [2.24, 2.45) is 7.05 Å². The van der Waals surface area contributed by atoms with Gasteiger partial charge in [0.25, 0.3) is 5.69 Å². The number of rotatable bonds is 5. The molecule has 0 unspecified atom stereocenters. The SMILES string of the molecule is COc1cc(-c2cnn(C)c2)c([N+](=O)[O-])cc1NC=O. The molecule has 0 spiro atoms. The molecule has 0 bridgehead atoms. The lowest BCUT2D eigenvalue weighted by molar-refractivity contribution is -0.384. The molecule has 0 aliphatic heterocycles. The van der Waals surface area contributed by atoms with Gasteiger partial charge in [-0.2, -0.15) is 5.10 Å². The second-order valence-corrected chi connectivity index (χ2v) is 3.99. The monoisotopic (exact) mass is 276 g/mol. The number of hydrogen-bond donors (Lipinski definition) is 1. The van der Waals surface area contributed by atoms with Crippen LogP contribution in [-0.2, 0) is 11.8 Å². The molecule has 0 fully saturated rings. The highest BCUT2D eigenvalue weighted by atomic mass is 16.6. The van der Waals surface area contributed by atoms with Gasteiger partial charge in [0, 0.05) is 24.9 Å². The van der Waals surface area contributed by atoms with Crippen molar-refractivity contribution in [3.8, 4) is 16.9 Å². The Labute approximate surface area is 114 Å². The maximum Gasteiger partial charge on any atom is 0.279 e. The van der Waals surface area contributed by atoms with Crippen LogP contribution < -0.4 is 10.1 Å². The van der Waals surface area contributed by atoms with E-state index in [-0.39, 0.29) is 11.4 Å². The Hall–Kier alpha value is -2.90. The number of hydrogen-bond acceptors (Lipinski definition) is 5. The van der Waals surface area contributed by atoms with Crippen molar-refractivity contribution >= 4 is 17.8 Å². The van der Waals surface area contributed by atoms with Crippen molar-refractivity contribution in [3.63, 3.8) is 0 Å². The van der Waals surface area contributed by atoms with Gasteiger partial charge in [-0.25, -0.2) is 0 Å². The number of methoxy groups -OCH3 is 1. The zero-order valence-electron chi connectivity index (χ0n) is 10.9. The molecule has 1 aromatic heterocycles. The van der Waals surface area contributed by atoms with E-state index in [4.69, 9.17) is 4.74 Å². The quantitative estimate of drug-likeness (QED) is 0.507. The van der Waals surface area contributed by atoms with E-state index in [0.29, 0.717) is 23.3 Å². The third-order valence-electron chi connectivity index (χ3n) is 2.74. The van der Waals surface area contributed by atoms with E-state index in [9.17, 15) is 14.9 Å². The van der Waals surface area contributed by atoms with Crippen LogP contribution in [-0.4, -0.2) is 28.2 Å². The van der Waals surface area contributed by atoms with Crippen molar-refractivity contribution in [2.45, 2.75) is 0 Å². The van der Waals surface area contributed by atoms with Gasteiger partial charge in [-0.15, -0.1) is 0 Å². The minimum Gasteiger partial charge on any atom is -0.495 e. The van der Waals surface area contributed by atoms with Crippen LogP contribution in [0.25, 0.3) is 11.1 Å². The van der Waals surface area contributed by atoms with E-state index < -0.39 is 4.92 Å². The van der Waals surface area contributed by atoms with Gasteiger partial charge in [0.2, 0.25) is 6.41 Å². The van der Waals surface area contributed by atoms with Crippen LogP contribution in [0.4, 0.5) is 11.4 Å². The number of carbonyl (C=O) groups excluding carboxylic acids is 1. The second kappa shape index (κ2) is 5.39. The Morgan fingerprint density at radius 2 is 2.25 bits per heavy atom. The lowest BCUT2D eigenvalue weighted by Crippen LogP contribution is -2.00. The van der Waals surface area contributed by atoms with Crippen LogP contribution in [0, 0.1) is 10.1 Å². The predicted octanol–water partition coefficient (Wildman–Crippen LogP) is 1.57. The van der Waals surface area contributed by atoms with Gasteiger partial charge in [-0.3, -0.25) is 19.6 Å². The normalized spacial score (nSPS) is 10.1. The van der Waals surface area contributed by atoms with Crippen LogP contribution in [0.2, 0.25) is 0 Å². The van der Waals surface area contributed by atoms with Crippen LogP contribution in [0.15, 0.2) is 24.5 Å². The highest BCUT2D eigenvalue weighted by Crippen LogP contribution is 2.38. The zero-order chi connectivity index (χ0) is 14.7. The second-order valence-electron chi connectivity index (χ2n) is 3.99. The largest absolute Gasteiger partial charge is 0.495 e. The number of aromatic nitrogens is 2. The van der Waals surface area contributed by atoms with Crippen molar-refractivity contribution in [3.05, 3.63) is 34.6 Å². The van der Waals surface area contributed by atoms with E-state index in [2.05, 4.69) is 10.4 Å². The van der Waals surface area contributed by atoms with Crippen molar-refractivity contribution in [1.82, 2.24) is 9.78 Å². The lowest BCUT2D eigenvalue weighted by Gasteiger charge is -2.09. The van der Waals surface area contributed by atoms with Crippen molar-refractivity contribution in [1.29, 1.82) is 0 Å². The molecular weight excluding hydrogens is 264 g/mol. The molecule has 1 amide bonds. The molecule has 0 aliphatic rings. The summed E-state index contributed by atoms with van der Waals surface area (Å²) in [5, 5.41) is 17.5. The van der Waals surface area contributed by atoms with Crippen molar-refractivity contribution in [2.75, 3.05) is 12.4 Å². The minimum absolute atomic E-state index is 0.136. The Kier molecular flexibility index (Phi) is 3.65. The first-order chi connectivity index (χ1) is 9.56.